The summed E-state index contributed by atoms with van der Waals surface area (Å²) >= 11 is 0. The third-order valence-corrected chi connectivity index (χ3v) is 2.87. The molecule has 1 fully saturated rings. The van der Waals surface area contributed by atoms with Gasteiger partial charge in [-0.3, -0.25) is 15.1 Å². The van der Waals surface area contributed by atoms with Crippen molar-refractivity contribution in [1.82, 2.24) is 10.3 Å². The summed E-state index contributed by atoms with van der Waals surface area (Å²) in [6, 6.07) is 0. The molecule has 0 aromatic carbocycles. The Bertz CT molecular complexity index is 225. The van der Waals surface area contributed by atoms with E-state index in [4.69, 9.17) is 15.7 Å². The molecule has 6 nitrogen and oxygen atoms in total. The van der Waals surface area contributed by atoms with E-state index in [1.54, 1.807) is 0 Å². The standard InChI is InChI=1S/C10H21N3O3/c1-2-13(5-6-14)7-8-3-4-9(16-8)10(15)12-11/h8-9,14H,2-7,11H2,1H3,(H,12,15). The first-order chi connectivity index (χ1) is 7.71. The molecule has 1 amide bonds. The molecule has 0 bridgehead atoms. The Balaban J connectivity index is 2.32. The van der Waals surface area contributed by atoms with Crippen molar-refractivity contribution in [1.29, 1.82) is 0 Å². The first-order valence-corrected chi connectivity index (χ1v) is 5.70. The summed E-state index contributed by atoms with van der Waals surface area (Å²) in [6.45, 7) is 4.45. The second kappa shape index (κ2) is 6.80. The van der Waals surface area contributed by atoms with Crippen LogP contribution in [0.15, 0.2) is 0 Å². The fourth-order valence-electron chi connectivity index (χ4n) is 1.93. The third kappa shape index (κ3) is 3.71. The zero-order valence-electron chi connectivity index (χ0n) is 9.69. The number of nitrogens with zero attached hydrogens (tertiary/aromatic N) is 1. The molecule has 0 saturated carbocycles. The van der Waals surface area contributed by atoms with Crippen molar-refractivity contribution in [2.45, 2.75) is 32.0 Å². The maximum absolute atomic E-state index is 11.2. The lowest BCUT2D eigenvalue weighted by atomic mass is 10.2. The molecule has 1 rings (SSSR count). The van der Waals surface area contributed by atoms with Crippen molar-refractivity contribution < 1.29 is 14.6 Å². The number of nitrogens with two attached hydrogens (primary N) is 1. The Morgan fingerprint density at radius 3 is 2.94 bits per heavy atom. The van der Waals surface area contributed by atoms with Gasteiger partial charge in [0.2, 0.25) is 0 Å². The fraction of sp³-hybridized carbons (Fsp3) is 0.900. The number of nitrogens with one attached hydrogen (secondary N) is 1. The molecule has 1 saturated heterocycles. The minimum Gasteiger partial charge on any atom is -0.395 e. The molecule has 0 aromatic heterocycles. The van der Waals surface area contributed by atoms with Crippen LogP contribution in [0.1, 0.15) is 19.8 Å². The number of carbonyl (C=O) groups is 1. The van der Waals surface area contributed by atoms with E-state index in [0.29, 0.717) is 13.0 Å². The van der Waals surface area contributed by atoms with Gasteiger partial charge < -0.3 is 9.84 Å². The lowest BCUT2D eigenvalue weighted by Gasteiger charge is -2.23. The predicted molar refractivity (Wildman–Crippen MR) is 59.4 cm³/mol. The molecule has 1 aliphatic rings. The third-order valence-electron chi connectivity index (χ3n) is 2.87. The molecule has 6 heteroatoms. The SMILES string of the molecule is CCN(CCO)CC1CCC(C(=O)NN)O1. The number of carbonyl (C=O) groups excluding carboxylic acids is 1. The van der Waals surface area contributed by atoms with Crippen molar-refractivity contribution in [3.63, 3.8) is 0 Å². The summed E-state index contributed by atoms with van der Waals surface area (Å²) in [4.78, 5) is 13.3. The Morgan fingerprint density at radius 1 is 1.62 bits per heavy atom. The smallest absolute Gasteiger partial charge is 0.263 e. The highest BCUT2D eigenvalue weighted by Crippen LogP contribution is 2.20. The highest BCUT2D eigenvalue weighted by molar-refractivity contribution is 5.80. The van der Waals surface area contributed by atoms with Crippen molar-refractivity contribution >= 4 is 5.91 Å². The van der Waals surface area contributed by atoms with Crippen LogP contribution < -0.4 is 11.3 Å². The summed E-state index contributed by atoms with van der Waals surface area (Å²) in [7, 11) is 0. The first kappa shape index (κ1) is 13.4. The Labute approximate surface area is 95.7 Å². The van der Waals surface area contributed by atoms with Crippen LogP contribution in [0.4, 0.5) is 0 Å². The molecule has 1 aliphatic heterocycles. The van der Waals surface area contributed by atoms with Gasteiger partial charge in [0.1, 0.15) is 6.10 Å². The van der Waals surface area contributed by atoms with Gasteiger partial charge in [-0.05, 0) is 19.4 Å². The summed E-state index contributed by atoms with van der Waals surface area (Å²) in [6.07, 6.45) is 1.22. The molecule has 0 aromatic rings. The molecule has 2 atom stereocenters. The van der Waals surface area contributed by atoms with Gasteiger partial charge >= 0.3 is 0 Å². The molecule has 0 radical (unpaired) electrons. The van der Waals surface area contributed by atoms with Crippen molar-refractivity contribution in [3.05, 3.63) is 0 Å². The summed E-state index contributed by atoms with van der Waals surface area (Å²) in [5.41, 5.74) is 2.10. The quantitative estimate of drug-likeness (QED) is 0.305. The number of aliphatic hydroxyl groups excluding tert-OH is 1. The lowest BCUT2D eigenvalue weighted by Crippen LogP contribution is -2.40. The number of aliphatic hydroxyl groups is 1. The fourth-order valence-corrected chi connectivity index (χ4v) is 1.93. The number of amides is 1. The average molecular weight is 231 g/mol. The van der Waals surface area contributed by atoms with Crippen LogP contribution in [0.2, 0.25) is 0 Å². The van der Waals surface area contributed by atoms with E-state index in [0.717, 1.165) is 19.5 Å². The van der Waals surface area contributed by atoms with E-state index in [1.807, 2.05) is 6.92 Å². The number of hydrogen-bond donors (Lipinski definition) is 3. The number of ether oxygens (including phenoxy) is 1. The molecule has 0 aliphatic carbocycles. The van der Waals surface area contributed by atoms with E-state index < -0.39 is 6.10 Å². The van der Waals surface area contributed by atoms with E-state index in [1.165, 1.54) is 0 Å². The van der Waals surface area contributed by atoms with Gasteiger partial charge in [0.05, 0.1) is 12.7 Å². The zero-order valence-corrected chi connectivity index (χ0v) is 9.69. The largest absolute Gasteiger partial charge is 0.395 e. The number of rotatable bonds is 6. The van der Waals surface area contributed by atoms with Gasteiger partial charge in [-0.15, -0.1) is 0 Å². The van der Waals surface area contributed by atoms with Gasteiger partial charge in [-0.25, -0.2) is 5.84 Å². The minimum absolute atomic E-state index is 0.0637. The predicted octanol–water partition coefficient (Wildman–Crippen LogP) is -1.16. The Hall–Kier alpha value is -0.690. The maximum atomic E-state index is 11.2. The van der Waals surface area contributed by atoms with Crippen LogP contribution in [0.25, 0.3) is 0 Å². The highest BCUT2D eigenvalue weighted by atomic mass is 16.5. The van der Waals surface area contributed by atoms with E-state index in [9.17, 15) is 4.79 Å². The van der Waals surface area contributed by atoms with Crippen LogP contribution in [0, 0.1) is 0 Å². The van der Waals surface area contributed by atoms with Crippen LogP contribution in [0.3, 0.4) is 0 Å². The molecule has 16 heavy (non-hydrogen) atoms. The first-order valence-electron chi connectivity index (χ1n) is 5.70. The van der Waals surface area contributed by atoms with Gasteiger partial charge in [0.15, 0.2) is 0 Å². The topological polar surface area (TPSA) is 87.8 Å². The van der Waals surface area contributed by atoms with E-state index in [-0.39, 0.29) is 18.6 Å². The molecule has 4 N–H and O–H groups in total. The Kier molecular flexibility index (Phi) is 5.68. The monoisotopic (exact) mass is 231 g/mol. The normalized spacial score (nSPS) is 25.0. The van der Waals surface area contributed by atoms with Gasteiger partial charge in [0.25, 0.3) is 5.91 Å². The molecule has 94 valence electrons. The second-order valence-corrected chi connectivity index (χ2v) is 3.95. The number of hydrazine groups is 1. The van der Waals surface area contributed by atoms with E-state index >= 15 is 0 Å². The lowest BCUT2D eigenvalue weighted by molar-refractivity contribution is -0.132. The summed E-state index contributed by atoms with van der Waals surface area (Å²) < 4.78 is 5.58. The summed E-state index contributed by atoms with van der Waals surface area (Å²) in [5, 5.41) is 8.86. The van der Waals surface area contributed by atoms with E-state index in [2.05, 4.69) is 10.3 Å². The van der Waals surface area contributed by atoms with Gasteiger partial charge in [-0.2, -0.15) is 0 Å². The van der Waals surface area contributed by atoms with Crippen molar-refractivity contribution in [2.75, 3.05) is 26.2 Å². The molecule has 0 spiro atoms. The second-order valence-electron chi connectivity index (χ2n) is 3.95. The van der Waals surface area contributed by atoms with Crippen molar-refractivity contribution in [2.24, 2.45) is 5.84 Å². The van der Waals surface area contributed by atoms with Crippen LogP contribution >= 0.6 is 0 Å². The van der Waals surface area contributed by atoms with Crippen molar-refractivity contribution in [3.8, 4) is 0 Å². The molecule has 1 heterocycles. The molecular formula is C10H21N3O3. The zero-order chi connectivity index (χ0) is 12.0. The highest BCUT2D eigenvalue weighted by Gasteiger charge is 2.30. The minimum atomic E-state index is -0.414. The van der Waals surface area contributed by atoms with Gasteiger partial charge in [0, 0.05) is 13.1 Å². The summed E-state index contributed by atoms with van der Waals surface area (Å²) in [5.74, 6) is 4.79. The van der Waals surface area contributed by atoms with Crippen LogP contribution in [-0.4, -0.2) is 54.4 Å². The van der Waals surface area contributed by atoms with Gasteiger partial charge in [-0.1, -0.05) is 6.92 Å². The Morgan fingerprint density at radius 2 is 2.38 bits per heavy atom. The average Bonchev–Trinajstić information content (AvgIpc) is 2.76. The molecular weight excluding hydrogens is 210 g/mol. The maximum Gasteiger partial charge on any atom is 0.263 e. The number of likely N-dealkylation sites (N-methyl/N-ethyl adjacent to an activating group) is 1. The van der Waals surface area contributed by atoms with Crippen LogP contribution in [-0.2, 0) is 9.53 Å². The van der Waals surface area contributed by atoms with Crippen LogP contribution in [0.5, 0.6) is 0 Å². The molecule has 2 unspecified atom stereocenters. The number of hydrogen-bond acceptors (Lipinski definition) is 5.